The first-order valence-corrected chi connectivity index (χ1v) is 6.71. The average Bonchev–Trinajstić information content (AvgIpc) is 3.10. The first-order chi connectivity index (χ1) is 8.74. The number of nitrogens with one attached hydrogen (secondary N) is 1. The van der Waals surface area contributed by atoms with Gasteiger partial charge in [-0.25, -0.2) is 9.78 Å². The minimum atomic E-state index is -0.967. The third-order valence-electron chi connectivity index (χ3n) is 4.07. The van der Waals surface area contributed by atoms with Crippen molar-refractivity contribution in [1.29, 1.82) is 0 Å². The molecule has 18 heavy (non-hydrogen) atoms. The van der Waals surface area contributed by atoms with E-state index >= 15 is 0 Å². The van der Waals surface area contributed by atoms with Crippen LogP contribution in [0.5, 0.6) is 0 Å². The molecule has 2 aliphatic rings. The highest BCUT2D eigenvalue weighted by Crippen LogP contribution is 2.43. The lowest BCUT2D eigenvalue weighted by Gasteiger charge is -2.35. The van der Waals surface area contributed by atoms with Crippen LogP contribution in [0.4, 0.5) is 5.82 Å². The van der Waals surface area contributed by atoms with E-state index in [0.29, 0.717) is 11.9 Å². The molecule has 0 saturated heterocycles. The Balaban J connectivity index is 1.73. The van der Waals surface area contributed by atoms with Crippen molar-refractivity contribution in [1.82, 2.24) is 4.98 Å². The molecule has 0 aromatic carbocycles. The van der Waals surface area contributed by atoms with Gasteiger partial charge in [0.1, 0.15) is 5.82 Å². The van der Waals surface area contributed by atoms with Crippen molar-refractivity contribution in [3.63, 3.8) is 0 Å². The third kappa shape index (κ3) is 2.33. The highest BCUT2D eigenvalue weighted by atomic mass is 16.4. The van der Waals surface area contributed by atoms with E-state index < -0.39 is 5.97 Å². The molecule has 2 fully saturated rings. The van der Waals surface area contributed by atoms with Crippen molar-refractivity contribution in [3.05, 3.63) is 23.9 Å². The summed E-state index contributed by atoms with van der Waals surface area (Å²) < 4.78 is 0. The van der Waals surface area contributed by atoms with E-state index in [2.05, 4.69) is 10.3 Å². The van der Waals surface area contributed by atoms with Crippen LogP contribution in [0, 0.1) is 11.8 Å². The monoisotopic (exact) mass is 246 g/mol. The fourth-order valence-electron chi connectivity index (χ4n) is 2.68. The van der Waals surface area contributed by atoms with Crippen LogP contribution in [0.1, 0.15) is 42.6 Å². The van der Waals surface area contributed by atoms with Gasteiger partial charge in [-0.05, 0) is 49.7 Å². The molecule has 1 heterocycles. The molecule has 1 atom stereocenters. The molecule has 4 nitrogen and oxygen atoms in total. The molecule has 1 unspecified atom stereocenters. The Labute approximate surface area is 106 Å². The van der Waals surface area contributed by atoms with Gasteiger partial charge in [0.15, 0.2) is 5.69 Å². The Morgan fingerprint density at radius 1 is 1.28 bits per heavy atom. The number of hydrogen-bond acceptors (Lipinski definition) is 3. The molecule has 2 saturated carbocycles. The molecule has 2 aliphatic carbocycles. The fourth-order valence-corrected chi connectivity index (χ4v) is 2.68. The average molecular weight is 246 g/mol. The number of anilines is 1. The lowest BCUT2D eigenvalue weighted by Crippen LogP contribution is -2.35. The number of nitrogens with zero attached hydrogens (tertiary/aromatic N) is 1. The van der Waals surface area contributed by atoms with Gasteiger partial charge in [0.25, 0.3) is 0 Å². The number of carboxylic acid groups (broad SMARTS) is 1. The Bertz CT molecular complexity index is 453. The standard InChI is InChI=1S/C14H18N2O2/c17-14(18)11-5-2-6-12(15-11)16-13(10-7-8-10)9-3-1-4-9/h2,5-6,9-10,13H,1,3-4,7-8H2,(H,15,16)(H,17,18). The van der Waals surface area contributed by atoms with Crippen molar-refractivity contribution in [2.45, 2.75) is 38.1 Å². The first-order valence-electron chi connectivity index (χ1n) is 6.71. The number of pyridine rings is 1. The number of aromatic carboxylic acids is 1. The smallest absolute Gasteiger partial charge is 0.354 e. The number of carboxylic acids is 1. The zero-order valence-corrected chi connectivity index (χ0v) is 10.3. The van der Waals surface area contributed by atoms with Gasteiger partial charge in [0, 0.05) is 6.04 Å². The summed E-state index contributed by atoms with van der Waals surface area (Å²) >= 11 is 0. The highest BCUT2D eigenvalue weighted by molar-refractivity contribution is 5.85. The van der Waals surface area contributed by atoms with Crippen LogP contribution in [0.25, 0.3) is 0 Å². The topological polar surface area (TPSA) is 62.2 Å². The van der Waals surface area contributed by atoms with Gasteiger partial charge in [-0.1, -0.05) is 12.5 Å². The normalized spacial score (nSPS) is 21.1. The van der Waals surface area contributed by atoms with Gasteiger partial charge in [0.2, 0.25) is 0 Å². The SMILES string of the molecule is O=C(O)c1cccc(NC(C2CCC2)C2CC2)n1. The maximum atomic E-state index is 10.9. The molecule has 0 aliphatic heterocycles. The second-order valence-electron chi connectivity index (χ2n) is 5.41. The maximum absolute atomic E-state index is 10.9. The van der Waals surface area contributed by atoms with Crippen LogP contribution < -0.4 is 5.32 Å². The van der Waals surface area contributed by atoms with Gasteiger partial charge in [-0.2, -0.15) is 0 Å². The summed E-state index contributed by atoms with van der Waals surface area (Å²) in [6, 6.07) is 5.64. The Morgan fingerprint density at radius 2 is 2.00 bits per heavy atom. The molecule has 0 spiro atoms. The maximum Gasteiger partial charge on any atom is 0.354 e. The summed E-state index contributed by atoms with van der Waals surface area (Å²) in [6.45, 7) is 0. The van der Waals surface area contributed by atoms with Crippen LogP contribution >= 0.6 is 0 Å². The second kappa shape index (κ2) is 4.59. The summed E-state index contributed by atoms with van der Waals surface area (Å²) in [4.78, 5) is 15.0. The predicted molar refractivity (Wildman–Crippen MR) is 68.7 cm³/mol. The molecule has 1 aromatic heterocycles. The molecule has 0 radical (unpaired) electrons. The molecule has 96 valence electrons. The van der Waals surface area contributed by atoms with Crippen molar-refractivity contribution in [3.8, 4) is 0 Å². The number of aromatic nitrogens is 1. The van der Waals surface area contributed by atoms with Gasteiger partial charge in [0.05, 0.1) is 0 Å². The van der Waals surface area contributed by atoms with Crippen molar-refractivity contribution in [2.24, 2.45) is 11.8 Å². The Hall–Kier alpha value is -1.58. The summed E-state index contributed by atoms with van der Waals surface area (Å²) in [5, 5.41) is 12.4. The van der Waals surface area contributed by atoms with Gasteiger partial charge in [-0.3, -0.25) is 0 Å². The van der Waals surface area contributed by atoms with Crippen molar-refractivity contribution < 1.29 is 9.90 Å². The highest BCUT2D eigenvalue weighted by Gasteiger charge is 2.39. The van der Waals surface area contributed by atoms with Gasteiger partial charge >= 0.3 is 5.97 Å². The first kappa shape index (κ1) is 11.5. The number of carbonyl (C=O) groups is 1. The van der Waals surface area contributed by atoms with Crippen LogP contribution in [-0.2, 0) is 0 Å². The number of hydrogen-bond donors (Lipinski definition) is 2. The molecule has 2 N–H and O–H groups in total. The van der Waals surface area contributed by atoms with Gasteiger partial charge in [-0.15, -0.1) is 0 Å². The molecule has 3 rings (SSSR count). The largest absolute Gasteiger partial charge is 0.477 e. The molecule has 0 amide bonds. The predicted octanol–water partition coefficient (Wildman–Crippen LogP) is 2.77. The fraction of sp³-hybridized carbons (Fsp3) is 0.571. The van der Waals surface area contributed by atoms with E-state index in [4.69, 9.17) is 5.11 Å². The zero-order valence-electron chi connectivity index (χ0n) is 10.3. The zero-order chi connectivity index (χ0) is 12.5. The van der Waals surface area contributed by atoms with E-state index in [1.165, 1.54) is 38.2 Å². The molecule has 0 bridgehead atoms. The van der Waals surface area contributed by atoms with Gasteiger partial charge < -0.3 is 10.4 Å². The lowest BCUT2D eigenvalue weighted by molar-refractivity contribution is 0.0690. The summed E-state index contributed by atoms with van der Waals surface area (Å²) in [7, 11) is 0. The second-order valence-corrected chi connectivity index (χ2v) is 5.41. The molecular formula is C14H18N2O2. The van der Waals surface area contributed by atoms with E-state index in [0.717, 1.165) is 11.8 Å². The number of rotatable bonds is 5. The van der Waals surface area contributed by atoms with Crippen LogP contribution in [-0.4, -0.2) is 22.1 Å². The van der Waals surface area contributed by atoms with Crippen molar-refractivity contribution in [2.75, 3.05) is 5.32 Å². The van der Waals surface area contributed by atoms with Crippen molar-refractivity contribution >= 4 is 11.8 Å². The van der Waals surface area contributed by atoms with Crippen LogP contribution in [0.3, 0.4) is 0 Å². The summed E-state index contributed by atoms with van der Waals surface area (Å²) in [6.07, 6.45) is 6.53. The molecule has 4 heteroatoms. The minimum absolute atomic E-state index is 0.114. The molecule has 1 aromatic rings. The third-order valence-corrected chi connectivity index (χ3v) is 4.07. The van der Waals surface area contributed by atoms with E-state index in [-0.39, 0.29) is 5.69 Å². The van der Waals surface area contributed by atoms with E-state index in [1.54, 1.807) is 6.07 Å². The Kier molecular flexibility index (Phi) is 2.94. The minimum Gasteiger partial charge on any atom is -0.477 e. The van der Waals surface area contributed by atoms with Crippen LogP contribution in [0.15, 0.2) is 18.2 Å². The lowest BCUT2D eigenvalue weighted by atomic mass is 9.78. The van der Waals surface area contributed by atoms with E-state index in [9.17, 15) is 4.79 Å². The van der Waals surface area contributed by atoms with E-state index in [1.807, 2.05) is 6.07 Å². The summed E-state index contributed by atoms with van der Waals surface area (Å²) in [5.41, 5.74) is 0.114. The Morgan fingerprint density at radius 3 is 2.56 bits per heavy atom. The quantitative estimate of drug-likeness (QED) is 0.838. The molecular weight excluding hydrogens is 228 g/mol. The van der Waals surface area contributed by atoms with Crippen LogP contribution in [0.2, 0.25) is 0 Å². The summed E-state index contributed by atoms with van der Waals surface area (Å²) in [5.74, 6) is 1.27.